The van der Waals surface area contributed by atoms with Crippen LogP contribution >= 0.6 is 0 Å². The van der Waals surface area contributed by atoms with Crippen molar-refractivity contribution in [2.75, 3.05) is 91.8 Å². The lowest BCUT2D eigenvalue weighted by Gasteiger charge is -2.26. The lowest BCUT2D eigenvalue weighted by molar-refractivity contribution is -0.128. The number of ether oxygens (including phenoxy) is 1. The molecule has 3 aliphatic heterocycles. The molecule has 0 aromatic carbocycles. The molecule has 0 saturated carbocycles. The number of likely N-dealkylation sites (tertiary alicyclic amines) is 2. The van der Waals surface area contributed by atoms with Gasteiger partial charge in [-0.25, -0.2) is 0 Å². The number of hydrogen-bond donors (Lipinski definition) is 3. The molecular formula is C32H64N6O4. The molecule has 3 rings (SSSR count). The van der Waals surface area contributed by atoms with Crippen molar-refractivity contribution in [2.24, 2.45) is 17.3 Å². The number of morpholine rings is 1. The van der Waals surface area contributed by atoms with Crippen molar-refractivity contribution in [1.82, 2.24) is 30.7 Å². The molecule has 0 aliphatic carbocycles. The Labute approximate surface area is 257 Å². The van der Waals surface area contributed by atoms with Crippen molar-refractivity contribution in [3.05, 3.63) is 0 Å². The highest BCUT2D eigenvalue weighted by atomic mass is 16.5. The van der Waals surface area contributed by atoms with E-state index in [1.54, 1.807) is 0 Å². The Morgan fingerprint density at radius 2 is 0.952 bits per heavy atom. The van der Waals surface area contributed by atoms with E-state index in [0.717, 1.165) is 65.6 Å². The van der Waals surface area contributed by atoms with E-state index in [4.69, 9.17) is 4.74 Å². The quantitative estimate of drug-likeness (QED) is 0.337. The van der Waals surface area contributed by atoms with Crippen LogP contribution in [0.3, 0.4) is 0 Å². The Kier molecular flexibility index (Phi) is 19.9. The third-order valence-corrected chi connectivity index (χ3v) is 7.65. The summed E-state index contributed by atoms with van der Waals surface area (Å²) in [5.41, 5.74) is -0.259. The van der Waals surface area contributed by atoms with Gasteiger partial charge >= 0.3 is 0 Å². The van der Waals surface area contributed by atoms with Crippen LogP contribution in [0.15, 0.2) is 0 Å². The molecule has 3 saturated heterocycles. The fourth-order valence-corrected chi connectivity index (χ4v) is 4.69. The molecule has 0 aromatic heterocycles. The van der Waals surface area contributed by atoms with Crippen LogP contribution in [0.1, 0.15) is 80.6 Å². The highest BCUT2D eigenvalue weighted by Crippen LogP contribution is 2.12. The Balaban J connectivity index is 0.000000315. The summed E-state index contributed by atoms with van der Waals surface area (Å²) in [7, 11) is 0. The molecule has 3 fully saturated rings. The maximum atomic E-state index is 11.5. The van der Waals surface area contributed by atoms with E-state index in [9.17, 15) is 14.4 Å². The smallest absolute Gasteiger partial charge is 0.225 e. The monoisotopic (exact) mass is 596 g/mol. The number of piperidine rings is 1. The van der Waals surface area contributed by atoms with Crippen molar-refractivity contribution < 1.29 is 19.1 Å². The maximum absolute atomic E-state index is 11.5. The molecule has 42 heavy (non-hydrogen) atoms. The number of amides is 3. The second-order valence-corrected chi connectivity index (χ2v) is 13.3. The van der Waals surface area contributed by atoms with Crippen molar-refractivity contribution >= 4 is 17.7 Å². The van der Waals surface area contributed by atoms with E-state index in [0.29, 0.717) is 0 Å². The topological polar surface area (TPSA) is 106 Å². The molecule has 0 aromatic rings. The fourth-order valence-electron chi connectivity index (χ4n) is 4.69. The number of carbonyl (C=O) groups is 3. The van der Waals surface area contributed by atoms with Crippen molar-refractivity contribution in [3.63, 3.8) is 0 Å². The van der Waals surface area contributed by atoms with Crippen LogP contribution in [0.25, 0.3) is 0 Å². The Bertz CT molecular complexity index is 698. The molecule has 10 nitrogen and oxygen atoms in total. The molecule has 3 N–H and O–H groups in total. The SMILES string of the molecule is CC(C)(C)C(=O)NCCN1CCCC1.CC(C)C(=O)NCCN1CCCCC1.CC(C)C(=O)NCCN1CCOCC1. The summed E-state index contributed by atoms with van der Waals surface area (Å²) in [5.74, 6) is 0.646. The zero-order valence-electron chi connectivity index (χ0n) is 28.1. The largest absolute Gasteiger partial charge is 0.379 e. The van der Waals surface area contributed by atoms with Gasteiger partial charge in [-0.1, -0.05) is 54.9 Å². The van der Waals surface area contributed by atoms with Gasteiger partial charge in [0.2, 0.25) is 17.7 Å². The van der Waals surface area contributed by atoms with Gasteiger partial charge in [-0.05, 0) is 51.9 Å². The van der Waals surface area contributed by atoms with E-state index in [1.807, 2.05) is 48.5 Å². The minimum atomic E-state index is -0.259. The summed E-state index contributed by atoms with van der Waals surface area (Å²) >= 11 is 0. The zero-order valence-corrected chi connectivity index (χ0v) is 28.1. The van der Waals surface area contributed by atoms with Crippen LogP contribution in [-0.2, 0) is 19.1 Å². The number of nitrogens with zero attached hydrogens (tertiary/aromatic N) is 3. The summed E-state index contributed by atoms with van der Waals surface area (Å²) in [6.45, 7) is 27.2. The predicted octanol–water partition coefficient (Wildman–Crippen LogP) is 2.58. The first kappa shape index (κ1) is 38.3. The molecule has 3 aliphatic rings. The number of hydrogen-bond acceptors (Lipinski definition) is 7. The van der Waals surface area contributed by atoms with E-state index in [1.165, 1.54) is 58.3 Å². The Morgan fingerprint density at radius 1 is 0.595 bits per heavy atom. The average Bonchev–Trinajstić information content (AvgIpc) is 3.48. The second-order valence-electron chi connectivity index (χ2n) is 13.3. The van der Waals surface area contributed by atoms with Gasteiger partial charge < -0.3 is 30.5 Å². The van der Waals surface area contributed by atoms with Gasteiger partial charge in [0.25, 0.3) is 0 Å². The fraction of sp³-hybridized carbons (Fsp3) is 0.906. The summed E-state index contributed by atoms with van der Waals surface area (Å²) in [4.78, 5) is 41.1. The molecule has 0 unspecified atom stereocenters. The lowest BCUT2D eigenvalue weighted by Crippen LogP contribution is -2.42. The third-order valence-electron chi connectivity index (χ3n) is 7.65. The number of carbonyl (C=O) groups excluding carboxylic acids is 3. The molecule has 0 spiro atoms. The molecule has 3 amide bonds. The zero-order chi connectivity index (χ0) is 31.4. The first-order valence-corrected chi connectivity index (χ1v) is 16.5. The van der Waals surface area contributed by atoms with Crippen LogP contribution in [-0.4, -0.2) is 124 Å². The van der Waals surface area contributed by atoms with Gasteiger partial charge in [0.15, 0.2) is 0 Å². The summed E-state index contributed by atoms with van der Waals surface area (Å²) < 4.78 is 5.24. The standard InChI is InChI=1S/2C11H22N2O.C10H20N2O2/c1-11(2,3)10(14)12-6-9-13-7-4-5-8-13;1-10(2)11(14)12-6-9-13-7-4-3-5-8-13;1-9(2)10(13)11-3-4-12-5-7-14-8-6-12/h4-9H2,1-3H3,(H,12,14);10H,3-9H2,1-2H3,(H,12,14);9H,3-8H2,1-2H3,(H,11,13). The van der Waals surface area contributed by atoms with Gasteiger partial charge in [0.1, 0.15) is 0 Å². The highest BCUT2D eigenvalue weighted by molar-refractivity contribution is 5.81. The van der Waals surface area contributed by atoms with Gasteiger partial charge in [-0.15, -0.1) is 0 Å². The van der Waals surface area contributed by atoms with Gasteiger partial charge in [-0.3, -0.25) is 19.3 Å². The highest BCUT2D eigenvalue weighted by Gasteiger charge is 2.21. The Hall–Kier alpha value is -1.75. The first-order valence-electron chi connectivity index (χ1n) is 16.5. The molecule has 3 heterocycles. The van der Waals surface area contributed by atoms with E-state index in [-0.39, 0.29) is 35.0 Å². The Morgan fingerprint density at radius 3 is 1.33 bits per heavy atom. The average molecular weight is 597 g/mol. The molecular weight excluding hydrogens is 532 g/mol. The van der Waals surface area contributed by atoms with Crippen molar-refractivity contribution in [1.29, 1.82) is 0 Å². The molecule has 246 valence electrons. The van der Waals surface area contributed by atoms with E-state index < -0.39 is 0 Å². The van der Waals surface area contributed by atoms with E-state index >= 15 is 0 Å². The maximum Gasteiger partial charge on any atom is 0.225 e. The summed E-state index contributed by atoms with van der Waals surface area (Å²) in [6, 6.07) is 0. The lowest BCUT2D eigenvalue weighted by atomic mass is 9.96. The van der Waals surface area contributed by atoms with Gasteiger partial charge in [0.05, 0.1) is 13.2 Å². The van der Waals surface area contributed by atoms with Gasteiger partial charge in [-0.2, -0.15) is 0 Å². The molecule has 10 heteroatoms. The van der Waals surface area contributed by atoms with Crippen LogP contribution in [0.4, 0.5) is 0 Å². The van der Waals surface area contributed by atoms with Crippen LogP contribution in [0.2, 0.25) is 0 Å². The second kappa shape index (κ2) is 21.9. The third kappa shape index (κ3) is 18.7. The van der Waals surface area contributed by atoms with Gasteiger partial charge in [0, 0.05) is 69.6 Å². The van der Waals surface area contributed by atoms with E-state index in [2.05, 4.69) is 30.7 Å². The minimum absolute atomic E-state index is 0.0830. The molecule has 0 radical (unpaired) electrons. The normalized spacial score (nSPS) is 18.5. The predicted molar refractivity (Wildman–Crippen MR) is 171 cm³/mol. The minimum Gasteiger partial charge on any atom is -0.379 e. The number of rotatable bonds is 11. The van der Waals surface area contributed by atoms with Crippen LogP contribution < -0.4 is 16.0 Å². The first-order chi connectivity index (χ1) is 19.9. The van der Waals surface area contributed by atoms with Crippen molar-refractivity contribution in [2.45, 2.75) is 80.6 Å². The molecule has 0 bridgehead atoms. The van der Waals surface area contributed by atoms with Crippen LogP contribution in [0, 0.1) is 17.3 Å². The van der Waals surface area contributed by atoms with Crippen molar-refractivity contribution in [3.8, 4) is 0 Å². The molecule has 0 atom stereocenters. The van der Waals surface area contributed by atoms with Crippen LogP contribution in [0.5, 0.6) is 0 Å². The number of nitrogens with one attached hydrogen (secondary N) is 3. The summed E-state index contributed by atoms with van der Waals surface area (Å²) in [6.07, 6.45) is 6.63. The summed E-state index contributed by atoms with van der Waals surface area (Å²) in [5, 5.41) is 8.83.